The minimum absolute atomic E-state index is 0.111. The van der Waals surface area contributed by atoms with Gasteiger partial charge in [-0.25, -0.2) is 4.90 Å². The molecule has 3 aromatic carbocycles. The van der Waals surface area contributed by atoms with Crippen LogP contribution in [0.4, 0.5) is 11.4 Å². The number of phenolic OH excluding ortho intramolecular Hbond substituents is 1. The normalized spacial score (nSPS) is 22.6. The van der Waals surface area contributed by atoms with Crippen LogP contribution in [-0.4, -0.2) is 48.3 Å². The quantitative estimate of drug-likeness (QED) is 0.0802. The van der Waals surface area contributed by atoms with E-state index in [0.29, 0.717) is 40.9 Å². The molecule has 2 aliphatic heterocycles. The first-order valence-corrected chi connectivity index (χ1v) is 16.1. The Kier molecular flexibility index (Phi) is 9.14. The van der Waals surface area contributed by atoms with Crippen LogP contribution in [0.1, 0.15) is 31.7 Å². The number of non-ortho nitro benzene ring substituents is 1. The Bertz CT molecular complexity index is 1750. The van der Waals surface area contributed by atoms with E-state index in [1.807, 2.05) is 43.3 Å². The lowest BCUT2D eigenvalue weighted by atomic mass is 9.69. The summed E-state index contributed by atoms with van der Waals surface area (Å²) in [6.07, 6.45) is 3.53. The molecule has 2 amide bonds. The molecule has 2 saturated heterocycles. The van der Waals surface area contributed by atoms with Crippen LogP contribution >= 0.6 is 22.6 Å². The molecule has 1 N–H and O–H groups in total. The molecule has 2 heterocycles. The molecule has 0 aromatic heterocycles. The number of benzene rings is 3. The molecule has 0 radical (unpaired) electrons. The lowest BCUT2D eigenvalue weighted by Crippen LogP contribution is -2.35. The zero-order valence-electron chi connectivity index (χ0n) is 25.4. The molecule has 2 fully saturated rings. The summed E-state index contributed by atoms with van der Waals surface area (Å²) >= 11 is 2.08. The summed E-state index contributed by atoms with van der Waals surface area (Å²) in [7, 11) is 1.52. The van der Waals surface area contributed by atoms with Crippen molar-refractivity contribution in [3.8, 4) is 17.2 Å². The van der Waals surface area contributed by atoms with Crippen LogP contribution in [0.3, 0.4) is 0 Å². The van der Waals surface area contributed by atoms with E-state index < -0.39 is 16.8 Å². The highest BCUT2D eigenvalue weighted by Crippen LogP contribution is 2.51. The number of ether oxygens (including phenoxy) is 3. The van der Waals surface area contributed by atoms with Gasteiger partial charge in [-0.3, -0.25) is 19.7 Å². The van der Waals surface area contributed by atoms with Gasteiger partial charge in [0.1, 0.15) is 12.4 Å². The highest BCUT2D eigenvalue weighted by Gasteiger charge is 2.57. The van der Waals surface area contributed by atoms with E-state index in [9.17, 15) is 24.8 Å². The largest absolute Gasteiger partial charge is 0.504 e. The number of nitrogens with zero attached hydrogens (tertiary/aromatic N) is 2. The number of phenols is 1. The van der Waals surface area contributed by atoms with Crippen molar-refractivity contribution in [1.29, 1.82) is 0 Å². The molecule has 0 saturated carbocycles. The van der Waals surface area contributed by atoms with Gasteiger partial charge in [0.05, 0.1) is 45.8 Å². The van der Waals surface area contributed by atoms with Gasteiger partial charge in [0, 0.05) is 18.1 Å². The number of nitro benzene ring substituents is 1. The van der Waals surface area contributed by atoms with Gasteiger partial charge in [-0.2, -0.15) is 0 Å². The lowest BCUT2D eigenvalue weighted by Gasteiger charge is -2.31. The summed E-state index contributed by atoms with van der Waals surface area (Å²) in [6, 6.07) is 18.8. The van der Waals surface area contributed by atoms with Gasteiger partial charge < -0.3 is 19.3 Å². The number of halogens is 1. The van der Waals surface area contributed by atoms with Crippen molar-refractivity contribution in [1.82, 2.24) is 0 Å². The lowest BCUT2D eigenvalue weighted by molar-refractivity contribution is -0.384. The van der Waals surface area contributed by atoms with Crippen molar-refractivity contribution in [2.45, 2.75) is 32.3 Å². The Hall–Kier alpha value is -4.23. The fraction of sp³-hybridized carbons (Fsp3) is 0.314. The topological polar surface area (TPSA) is 128 Å². The third-order valence-corrected chi connectivity index (χ3v) is 9.77. The molecule has 3 aliphatic rings. The molecule has 238 valence electrons. The monoisotopic (exact) mass is 736 g/mol. The number of amides is 2. The van der Waals surface area contributed by atoms with E-state index in [1.165, 1.54) is 25.3 Å². The van der Waals surface area contributed by atoms with E-state index in [0.717, 1.165) is 27.2 Å². The molecule has 1 aliphatic carbocycles. The van der Waals surface area contributed by atoms with E-state index in [-0.39, 0.29) is 47.6 Å². The Morgan fingerprint density at radius 1 is 1.11 bits per heavy atom. The maximum Gasteiger partial charge on any atom is 0.271 e. The van der Waals surface area contributed by atoms with Crippen molar-refractivity contribution in [3.63, 3.8) is 0 Å². The van der Waals surface area contributed by atoms with Crippen molar-refractivity contribution in [3.05, 3.63) is 103 Å². The SMILES string of the molecule is COc1cc(/C=C(\C)CC[C@H]2OC[C@H]3C2=C(COc2ccccc2)C[C@H]2C(=O)N(c4cccc([N+](=O)[O-])c4)C(=O)[C@H]23)cc(I)c1O. The number of carbonyl (C=O) groups excluding carboxylic acids is 2. The number of carbonyl (C=O) groups is 2. The molecule has 0 unspecified atom stereocenters. The van der Waals surface area contributed by atoms with Gasteiger partial charge >= 0.3 is 0 Å². The third kappa shape index (κ3) is 6.13. The second-order valence-electron chi connectivity index (χ2n) is 11.8. The van der Waals surface area contributed by atoms with Gasteiger partial charge in [-0.1, -0.05) is 35.9 Å². The van der Waals surface area contributed by atoms with E-state index >= 15 is 0 Å². The number of para-hydroxylation sites is 1. The number of allylic oxidation sites excluding steroid dienone is 1. The van der Waals surface area contributed by atoms with Crippen LogP contribution < -0.4 is 14.4 Å². The smallest absolute Gasteiger partial charge is 0.271 e. The summed E-state index contributed by atoms with van der Waals surface area (Å²) < 4.78 is 18.5. The number of imide groups is 1. The van der Waals surface area contributed by atoms with Gasteiger partial charge in [-0.15, -0.1) is 0 Å². The number of hydrogen-bond acceptors (Lipinski definition) is 8. The number of fused-ring (bicyclic) bond motifs is 3. The Labute approximate surface area is 279 Å². The number of aromatic hydroxyl groups is 1. The molecule has 4 atom stereocenters. The fourth-order valence-electron chi connectivity index (χ4n) is 6.84. The second kappa shape index (κ2) is 13.2. The summed E-state index contributed by atoms with van der Waals surface area (Å²) in [5, 5.41) is 21.6. The van der Waals surface area contributed by atoms with Crippen molar-refractivity contribution >= 4 is 51.9 Å². The molecule has 0 bridgehead atoms. The average molecular weight is 737 g/mol. The van der Waals surface area contributed by atoms with Crippen molar-refractivity contribution in [2.75, 3.05) is 25.2 Å². The number of nitro groups is 1. The molecule has 3 aromatic rings. The van der Waals surface area contributed by atoms with Gasteiger partial charge in [-0.05, 0) is 95.8 Å². The zero-order chi connectivity index (χ0) is 32.5. The van der Waals surface area contributed by atoms with Crippen LogP contribution in [0.2, 0.25) is 0 Å². The van der Waals surface area contributed by atoms with Crippen LogP contribution in [0, 0.1) is 31.4 Å². The first kappa shape index (κ1) is 31.7. The van der Waals surface area contributed by atoms with Gasteiger partial charge in [0.15, 0.2) is 11.5 Å². The third-order valence-electron chi connectivity index (χ3n) is 8.95. The van der Waals surface area contributed by atoms with E-state index in [1.54, 1.807) is 12.1 Å². The van der Waals surface area contributed by atoms with E-state index in [2.05, 4.69) is 28.7 Å². The van der Waals surface area contributed by atoms with Gasteiger partial charge in [0.2, 0.25) is 11.8 Å². The highest BCUT2D eigenvalue weighted by molar-refractivity contribution is 14.1. The predicted molar refractivity (Wildman–Crippen MR) is 180 cm³/mol. The minimum Gasteiger partial charge on any atom is -0.504 e. The summed E-state index contributed by atoms with van der Waals surface area (Å²) in [6.45, 7) is 2.60. The standard InChI is InChI=1S/C35H33IN2O8/c1-20(13-21-14-28(36)33(39)30(15-21)44-2)11-12-29-31-22(18-45-25-9-4-3-5-10-25)16-26-32(27(31)19-46-29)35(41)37(34(26)40)23-7-6-8-24(17-23)38(42)43/h3-10,13-15,17,26-27,29,32,39H,11-12,16,18-19H2,1-2H3/b20-13+/t26-,27+,29-,32-/m1/s1. The van der Waals surface area contributed by atoms with Crippen LogP contribution in [0.25, 0.3) is 6.08 Å². The molecular weight excluding hydrogens is 703 g/mol. The zero-order valence-corrected chi connectivity index (χ0v) is 27.5. The Morgan fingerprint density at radius 3 is 2.63 bits per heavy atom. The molecular formula is C35H33IN2O8. The number of rotatable bonds is 10. The van der Waals surface area contributed by atoms with Gasteiger partial charge in [0.25, 0.3) is 5.69 Å². The van der Waals surface area contributed by atoms with Crippen LogP contribution in [-0.2, 0) is 14.3 Å². The highest BCUT2D eigenvalue weighted by atomic mass is 127. The Balaban J connectivity index is 1.27. The summed E-state index contributed by atoms with van der Waals surface area (Å²) in [5.41, 5.74) is 4.02. The first-order valence-electron chi connectivity index (χ1n) is 15.0. The predicted octanol–water partition coefficient (Wildman–Crippen LogP) is 6.70. The van der Waals surface area contributed by atoms with Crippen molar-refractivity contribution < 1.29 is 33.8 Å². The molecule has 6 rings (SSSR count). The fourth-order valence-corrected chi connectivity index (χ4v) is 7.47. The second-order valence-corrected chi connectivity index (χ2v) is 13.0. The number of methoxy groups -OCH3 is 1. The minimum atomic E-state index is -0.615. The Morgan fingerprint density at radius 2 is 1.89 bits per heavy atom. The average Bonchev–Trinajstić information content (AvgIpc) is 3.58. The molecule has 46 heavy (non-hydrogen) atoms. The first-order chi connectivity index (χ1) is 22.2. The maximum absolute atomic E-state index is 13.9. The number of hydrogen-bond donors (Lipinski definition) is 1. The number of anilines is 1. The van der Waals surface area contributed by atoms with Crippen LogP contribution in [0.5, 0.6) is 17.2 Å². The summed E-state index contributed by atoms with van der Waals surface area (Å²) in [4.78, 5) is 39.7. The molecule has 11 heteroatoms. The van der Waals surface area contributed by atoms with Crippen LogP contribution in [0.15, 0.2) is 83.4 Å². The summed E-state index contributed by atoms with van der Waals surface area (Å²) in [5.74, 6) is -1.00. The van der Waals surface area contributed by atoms with E-state index in [4.69, 9.17) is 14.2 Å². The molecule has 10 nitrogen and oxygen atoms in total. The molecule has 0 spiro atoms. The maximum atomic E-state index is 13.9. The van der Waals surface area contributed by atoms with Crippen molar-refractivity contribution in [2.24, 2.45) is 17.8 Å².